The Morgan fingerprint density at radius 2 is 1.70 bits per heavy atom. The molecule has 1 heterocycles. The average Bonchev–Trinajstić information content (AvgIpc) is 3.08. The smallest absolute Gasteiger partial charge is 0.407 e. The maximum Gasteiger partial charge on any atom is 0.407 e. The number of nitrogens with one attached hydrogen (secondary N) is 1. The Hall–Kier alpha value is -2.96. The Kier molecular flexibility index (Phi) is 5.24. The Balaban J connectivity index is 2.26. The van der Waals surface area contributed by atoms with Crippen LogP contribution in [0.25, 0.3) is 11.3 Å². The molecule has 0 aliphatic heterocycles. The van der Waals surface area contributed by atoms with E-state index in [1.54, 1.807) is 31.4 Å². The number of rotatable bonds is 5. The summed E-state index contributed by atoms with van der Waals surface area (Å²) >= 11 is 0. The second kappa shape index (κ2) is 7.35. The molecule has 1 N–H and O–H groups in total. The lowest BCUT2D eigenvalue weighted by Gasteiger charge is -2.13. The van der Waals surface area contributed by atoms with Gasteiger partial charge in [-0.2, -0.15) is 0 Å². The molecule has 0 aliphatic carbocycles. The maximum atomic E-state index is 11.8. The molecule has 0 spiro atoms. The fourth-order valence-corrected chi connectivity index (χ4v) is 1.96. The summed E-state index contributed by atoms with van der Waals surface area (Å²) < 4.78 is 19.9. The standard InChI is InChI=1S/C16H17NO6/c1-20-11-6-4-10(5-7-11)12-8-9-13(23-12)14(15(18)21-2)17-16(19)22-3/h4-9,14H,1-3H3,(H,17,19)/t14-/m0/s1. The summed E-state index contributed by atoms with van der Waals surface area (Å²) in [5.74, 6) is 0.850. The third kappa shape index (κ3) is 3.82. The number of alkyl carbamates (subject to hydrolysis) is 1. The zero-order valence-electron chi connectivity index (χ0n) is 13.0. The van der Waals surface area contributed by atoms with Crippen molar-refractivity contribution in [3.8, 4) is 17.1 Å². The number of carbonyl (C=O) groups excluding carboxylic acids is 2. The molecule has 1 amide bonds. The monoisotopic (exact) mass is 319 g/mol. The molecule has 7 heteroatoms. The molecule has 0 saturated heterocycles. The molecular weight excluding hydrogens is 302 g/mol. The lowest BCUT2D eigenvalue weighted by atomic mass is 10.2. The molecule has 2 aromatic rings. The number of amides is 1. The molecule has 0 aliphatic rings. The molecular formula is C16H17NO6. The van der Waals surface area contributed by atoms with Gasteiger partial charge in [0.25, 0.3) is 0 Å². The van der Waals surface area contributed by atoms with E-state index in [1.807, 2.05) is 12.1 Å². The van der Waals surface area contributed by atoms with Gasteiger partial charge >= 0.3 is 12.1 Å². The number of methoxy groups -OCH3 is 3. The van der Waals surface area contributed by atoms with Crippen LogP contribution in [0.2, 0.25) is 0 Å². The molecule has 0 fully saturated rings. The molecule has 0 bridgehead atoms. The van der Waals surface area contributed by atoms with E-state index < -0.39 is 18.1 Å². The summed E-state index contributed by atoms with van der Waals surface area (Å²) in [7, 11) is 4.01. The zero-order chi connectivity index (χ0) is 16.8. The fourth-order valence-electron chi connectivity index (χ4n) is 1.96. The molecule has 2 rings (SSSR count). The van der Waals surface area contributed by atoms with Crippen LogP contribution in [0.4, 0.5) is 4.79 Å². The van der Waals surface area contributed by atoms with Gasteiger partial charge in [-0.25, -0.2) is 9.59 Å². The number of esters is 1. The second-order valence-electron chi connectivity index (χ2n) is 4.52. The van der Waals surface area contributed by atoms with Crippen molar-refractivity contribution in [2.24, 2.45) is 0 Å². The molecule has 122 valence electrons. The summed E-state index contributed by atoms with van der Waals surface area (Å²) in [6, 6.07) is 9.44. The van der Waals surface area contributed by atoms with Crippen LogP contribution in [0, 0.1) is 0 Å². The predicted octanol–water partition coefficient (Wildman–Crippen LogP) is 2.53. The molecule has 0 unspecified atom stereocenters. The SMILES string of the molecule is COC(=O)N[C@H](C(=O)OC)c1ccc(-c2ccc(OC)cc2)o1. The van der Waals surface area contributed by atoms with Crippen LogP contribution in [0.15, 0.2) is 40.8 Å². The van der Waals surface area contributed by atoms with Gasteiger partial charge in [0.15, 0.2) is 6.04 Å². The van der Waals surface area contributed by atoms with Gasteiger partial charge < -0.3 is 23.9 Å². The summed E-state index contributed by atoms with van der Waals surface area (Å²) in [6.07, 6.45) is -0.761. The Bertz CT molecular complexity index is 676. The van der Waals surface area contributed by atoms with Crippen LogP contribution < -0.4 is 10.1 Å². The van der Waals surface area contributed by atoms with Crippen LogP contribution >= 0.6 is 0 Å². The molecule has 0 saturated carbocycles. The van der Waals surface area contributed by atoms with Crippen molar-refractivity contribution >= 4 is 12.1 Å². The number of carbonyl (C=O) groups is 2. The second-order valence-corrected chi connectivity index (χ2v) is 4.52. The molecule has 1 aromatic carbocycles. The first-order chi connectivity index (χ1) is 11.1. The minimum atomic E-state index is -1.08. The number of hydrogen-bond donors (Lipinski definition) is 1. The lowest BCUT2D eigenvalue weighted by molar-refractivity contribution is -0.143. The lowest BCUT2D eigenvalue weighted by Crippen LogP contribution is -2.34. The number of hydrogen-bond acceptors (Lipinski definition) is 6. The van der Waals surface area contributed by atoms with Gasteiger partial charge in [0.05, 0.1) is 21.3 Å². The Labute approximate surface area is 133 Å². The molecule has 1 aromatic heterocycles. The number of benzene rings is 1. The van der Waals surface area contributed by atoms with Crippen molar-refractivity contribution in [1.29, 1.82) is 0 Å². The summed E-state index contributed by atoms with van der Waals surface area (Å²) in [4.78, 5) is 23.2. The van der Waals surface area contributed by atoms with Gasteiger partial charge in [-0.05, 0) is 36.4 Å². The van der Waals surface area contributed by atoms with Crippen LogP contribution in [0.5, 0.6) is 5.75 Å². The van der Waals surface area contributed by atoms with Crippen molar-refractivity contribution in [1.82, 2.24) is 5.32 Å². The number of ether oxygens (including phenoxy) is 3. The third-order valence-corrected chi connectivity index (χ3v) is 3.17. The van der Waals surface area contributed by atoms with E-state index in [0.29, 0.717) is 5.76 Å². The minimum Gasteiger partial charge on any atom is -0.497 e. The van der Waals surface area contributed by atoms with Gasteiger partial charge in [-0.15, -0.1) is 0 Å². The van der Waals surface area contributed by atoms with Crippen LogP contribution in [-0.4, -0.2) is 33.4 Å². The third-order valence-electron chi connectivity index (χ3n) is 3.17. The largest absolute Gasteiger partial charge is 0.497 e. The molecule has 23 heavy (non-hydrogen) atoms. The van der Waals surface area contributed by atoms with Crippen LogP contribution in [0.3, 0.4) is 0 Å². The maximum absolute atomic E-state index is 11.8. The van der Waals surface area contributed by atoms with E-state index in [2.05, 4.69) is 14.8 Å². The van der Waals surface area contributed by atoms with E-state index in [1.165, 1.54) is 14.2 Å². The molecule has 1 atom stereocenters. The highest BCUT2D eigenvalue weighted by atomic mass is 16.5. The minimum absolute atomic E-state index is 0.244. The van der Waals surface area contributed by atoms with Crippen molar-refractivity contribution in [3.05, 3.63) is 42.2 Å². The normalized spacial score (nSPS) is 11.4. The summed E-state index contributed by atoms with van der Waals surface area (Å²) in [5.41, 5.74) is 0.804. The van der Waals surface area contributed by atoms with Gasteiger partial charge in [-0.1, -0.05) is 0 Å². The molecule has 0 radical (unpaired) electrons. The first-order valence-electron chi connectivity index (χ1n) is 6.75. The van der Waals surface area contributed by atoms with E-state index in [0.717, 1.165) is 11.3 Å². The van der Waals surface area contributed by atoms with Crippen molar-refractivity contribution < 1.29 is 28.2 Å². The topological polar surface area (TPSA) is 87.0 Å². The molecule has 7 nitrogen and oxygen atoms in total. The van der Waals surface area contributed by atoms with Crippen LogP contribution in [0.1, 0.15) is 11.8 Å². The van der Waals surface area contributed by atoms with E-state index in [-0.39, 0.29) is 5.76 Å². The van der Waals surface area contributed by atoms with Gasteiger partial charge in [0.2, 0.25) is 0 Å². The quantitative estimate of drug-likeness (QED) is 0.852. The van der Waals surface area contributed by atoms with E-state index >= 15 is 0 Å². The predicted molar refractivity (Wildman–Crippen MR) is 81.0 cm³/mol. The average molecular weight is 319 g/mol. The van der Waals surface area contributed by atoms with Gasteiger partial charge in [0, 0.05) is 5.56 Å². The van der Waals surface area contributed by atoms with Gasteiger partial charge in [0.1, 0.15) is 17.3 Å². The van der Waals surface area contributed by atoms with Crippen molar-refractivity contribution in [3.63, 3.8) is 0 Å². The van der Waals surface area contributed by atoms with Crippen LogP contribution in [-0.2, 0) is 14.3 Å². The Morgan fingerprint density at radius 1 is 1.00 bits per heavy atom. The van der Waals surface area contributed by atoms with Gasteiger partial charge in [-0.3, -0.25) is 0 Å². The first-order valence-corrected chi connectivity index (χ1v) is 6.75. The first kappa shape index (κ1) is 16.4. The van der Waals surface area contributed by atoms with Crippen molar-refractivity contribution in [2.45, 2.75) is 6.04 Å². The summed E-state index contributed by atoms with van der Waals surface area (Å²) in [6.45, 7) is 0. The van der Waals surface area contributed by atoms with Crippen molar-refractivity contribution in [2.75, 3.05) is 21.3 Å². The fraction of sp³-hybridized carbons (Fsp3) is 0.250. The highest BCUT2D eigenvalue weighted by Gasteiger charge is 2.27. The highest BCUT2D eigenvalue weighted by Crippen LogP contribution is 2.27. The number of furan rings is 1. The van der Waals surface area contributed by atoms with E-state index in [9.17, 15) is 9.59 Å². The summed E-state index contributed by atoms with van der Waals surface area (Å²) in [5, 5.41) is 2.37. The van der Waals surface area contributed by atoms with E-state index in [4.69, 9.17) is 9.15 Å². The Morgan fingerprint density at radius 3 is 2.26 bits per heavy atom. The zero-order valence-corrected chi connectivity index (χ0v) is 13.0. The highest BCUT2D eigenvalue weighted by molar-refractivity contribution is 5.82.